The smallest absolute Gasteiger partial charge is 0.333 e. The number of nitrogens with zero attached hydrogens (tertiary/aromatic N) is 4. The Labute approximate surface area is 200 Å². The monoisotopic (exact) mass is 510 g/mol. The van der Waals surface area contributed by atoms with Crippen LogP contribution in [0.25, 0.3) is 0 Å². The van der Waals surface area contributed by atoms with Gasteiger partial charge in [-0.2, -0.15) is 13.5 Å². The minimum absolute atomic E-state index is 0.207. The van der Waals surface area contributed by atoms with Crippen molar-refractivity contribution in [2.75, 3.05) is 11.9 Å². The van der Waals surface area contributed by atoms with Crippen molar-refractivity contribution >= 4 is 33.5 Å². The van der Waals surface area contributed by atoms with Crippen LogP contribution in [-0.2, 0) is 21.0 Å². The van der Waals surface area contributed by atoms with E-state index in [9.17, 15) is 18.3 Å². The predicted octanol–water partition coefficient (Wildman–Crippen LogP) is 1.28. The van der Waals surface area contributed by atoms with Crippen molar-refractivity contribution in [1.82, 2.24) is 19.7 Å². The van der Waals surface area contributed by atoms with Crippen LogP contribution in [0.15, 0.2) is 35.1 Å². The summed E-state index contributed by atoms with van der Waals surface area (Å²) in [5.41, 5.74) is 1.17. The number of nitrogens with two attached hydrogens (primary N) is 1. The summed E-state index contributed by atoms with van der Waals surface area (Å²) in [7, 11) is -4.10. The first-order chi connectivity index (χ1) is 16.1. The quantitative estimate of drug-likeness (QED) is 0.355. The third-order valence-electron chi connectivity index (χ3n) is 5.55. The van der Waals surface area contributed by atoms with Gasteiger partial charge in [-0.25, -0.2) is 15.1 Å². The summed E-state index contributed by atoms with van der Waals surface area (Å²) < 4.78 is 33.7. The second-order valence-electron chi connectivity index (χ2n) is 8.07. The summed E-state index contributed by atoms with van der Waals surface area (Å²) in [6.07, 6.45) is 2.61. The van der Waals surface area contributed by atoms with E-state index in [1.165, 1.54) is 12.5 Å². The Hall–Kier alpha value is -2.84. The van der Waals surface area contributed by atoms with E-state index in [0.717, 1.165) is 5.69 Å². The van der Waals surface area contributed by atoms with E-state index >= 15 is 0 Å². The lowest BCUT2D eigenvalue weighted by molar-refractivity contribution is 0.101. The van der Waals surface area contributed by atoms with Crippen LogP contribution in [0.1, 0.15) is 40.3 Å². The van der Waals surface area contributed by atoms with E-state index < -0.39 is 22.3 Å². The zero-order valence-corrected chi connectivity index (χ0v) is 19.7. The lowest BCUT2D eigenvalue weighted by atomic mass is 10.1. The molecular weight excluding hydrogens is 488 g/mol. The second kappa shape index (κ2) is 9.80. The maximum atomic E-state index is 13.2. The van der Waals surface area contributed by atoms with Crippen molar-refractivity contribution in [3.05, 3.63) is 58.7 Å². The number of anilines is 1. The molecule has 182 valence electrons. The molecule has 0 aromatic carbocycles. The fourth-order valence-corrected chi connectivity index (χ4v) is 4.42. The average Bonchev–Trinajstić information content (AvgIpc) is 3.45. The topological polar surface area (TPSA) is 175 Å². The van der Waals surface area contributed by atoms with Crippen molar-refractivity contribution < 1.29 is 26.9 Å². The molecule has 0 aliphatic heterocycles. The number of aliphatic hydroxyl groups is 1. The zero-order chi connectivity index (χ0) is 24.5. The normalized spacial score (nSPS) is 20.5. The number of furan rings is 1. The first-order valence-electron chi connectivity index (χ1n) is 10.3. The largest absolute Gasteiger partial charge is 0.448 e. The van der Waals surface area contributed by atoms with Gasteiger partial charge in [-0.1, -0.05) is 0 Å². The number of ketones is 1. The Morgan fingerprint density at radius 3 is 2.91 bits per heavy atom. The van der Waals surface area contributed by atoms with Gasteiger partial charge >= 0.3 is 10.3 Å². The van der Waals surface area contributed by atoms with Gasteiger partial charge < -0.3 is 14.8 Å². The van der Waals surface area contributed by atoms with Gasteiger partial charge in [-0.3, -0.25) is 13.7 Å². The lowest BCUT2D eigenvalue weighted by Gasteiger charge is -2.15. The molecule has 0 radical (unpaired) electrons. The number of rotatable bonds is 9. The molecule has 0 spiro atoms. The standard InChI is InChI=1S/C20H23ClN6O6S/c1-11-4-16(26-27(11)8-14-2-3-18(21)33-14)19(29)15-7-23-10-24-20(15)25-13-5-12(17(28)6-13)9-32-34(22,30)31/h2-4,7,10,12-13,17,28H,5-6,8-9H2,1H3,(H2,22,30,31)(H,23,24,25)/t12-,13-,17+/m1/s1. The molecule has 0 bridgehead atoms. The van der Waals surface area contributed by atoms with Crippen LogP contribution >= 0.6 is 11.6 Å². The van der Waals surface area contributed by atoms with E-state index in [0.29, 0.717) is 25.1 Å². The molecule has 4 rings (SSSR count). The van der Waals surface area contributed by atoms with E-state index in [1.54, 1.807) is 22.9 Å². The van der Waals surface area contributed by atoms with Crippen LogP contribution in [0.5, 0.6) is 0 Å². The van der Waals surface area contributed by atoms with Gasteiger partial charge in [0.25, 0.3) is 0 Å². The summed E-state index contributed by atoms with van der Waals surface area (Å²) >= 11 is 5.82. The number of aromatic nitrogens is 4. The molecule has 1 aliphatic carbocycles. The molecule has 34 heavy (non-hydrogen) atoms. The van der Waals surface area contributed by atoms with Gasteiger partial charge in [-0.05, 0) is 49.6 Å². The Morgan fingerprint density at radius 2 is 2.21 bits per heavy atom. The number of hydrogen-bond donors (Lipinski definition) is 3. The summed E-state index contributed by atoms with van der Waals surface area (Å²) in [5.74, 6) is 0.0666. The number of carbonyl (C=O) groups is 1. The molecule has 1 fully saturated rings. The highest BCUT2D eigenvalue weighted by Gasteiger charge is 2.35. The highest BCUT2D eigenvalue weighted by molar-refractivity contribution is 7.84. The predicted molar refractivity (Wildman–Crippen MR) is 120 cm³/mol. The van der Waals surface area contributed by atoms with Crippen LogP contribution in [0.3, 0.4) is 0 Å². The first kappa shape index (κ1) is 24.3. The molecule has 0 saturated heterocycles. The Bertz CT molecular complexity index is 1290. The van der Waals surface area contributed by atoms with Crippen LogP contribution < -0.4 is 10.5 Å². The number of nitrogens with one attached hydrogen (secondary N) is 1. The third kappa shape index (κ3) is 5.80. The van der Waals surface area contributed by atoms with Crippen molar-refractivity contribution in [2.45, 2.75) is 38.5 Å². The molecule has 3 aromatic heterocycles. The molecule has 0 unspecified atom stereocenters. The van der Waals surface area contributed by atoms with Crippen molar-refractivity contribution in [3.8, 4) is 0 Å². The number of carbonyl (C=O) groups excluding carboxylic acids is 1. The van der Waals surface area contributed by atoms with E-state index in [1.807, 2.05) is 6.92 Å². The zero-order valence-electron chi connectivity index (χ0n) is 18.1. The molecule has 0 amide bonds. The molecule has 1 aliphatic rings. The molecule has 3 aromatic rings. The molecular formula is C20H23ClN6O6S. The van der Waals surface area contributed by atoms with Gasteiger partial charge in [0.1, 0.15) is 23.6 Å². The number of aryl methyl sites for hydroxylation is 1. The number of aliphatic hydroxyl groups excluding tert-OH is 1. The molecule has 12 nitrogen and oxygen atoms in total. The van der Waals surface area contributed by atoms with Crippen molar-refractivity contribution in [1.29, 1.82) is 0 Å². The van der Waals surface area contributed by atoms with Crippen molar-refractivity contribution in [2.24, 2.45) is 11.1 Å². The minimum atomic E-state index is -4.10. The van der Waals surface area contributed by atoms with E-state index in [-0.39, 0.29) is 40.7 Å². The third-order valence-corrected chi connectivity index (χ3v) is 6.22. The van der Waals surface area contributed by atoms with Gasteiger partial charge in [0.15, 0.2) is 5.22 Å². The molecule has 14 heteroatoms. The lowest BCUT2D eigenvalue weighted by Crippen LogP contribution is -2.24. The summed E-state index contributed by atoms with van der Waals surface area (Å²) in [6, 6.07) is 4.75. The second-order valence-corrected chi connectivity index (χ2v) is 9.66. The van der Waals surface area contributed by atoms with Gasteiger partial charge in [0.05, 0.1) is 24.8 Å². The average molecular weight is 511 g/mol. The minimum Gasteiger partial charge on any atom is -0.448 e. The Kier molecular flexibility index (Phi) is 7.00. The highest BCUT2D eigenvalue weighted by atomic mass is 35.5. The van der Waals surface area contributed by atoms with Crippen molar-refractivity contribution in [3.63, 3.8) is 0 Å². The maximum absolute atomic E-state index is 13.2. The summed E-state index contributed by atoms with van der Waals surface area (Å²) in [6.45, 7) is 1.90. The van der Waals surface area contributed by atoms with Gasteiger partial charge in [0, 0.05) is 23.9 Å². The maximum Gasteiger partial charge on any atom is 0.333 e. The SMILES string of the molecule is Cc1cc(C(=O)c2cncnc2N[C@@H]2C[C@H](COS(N)(=O)=O)[C@@H](O)C2)nn1Cc1ccc(Cl)o1. The molecule has 1 saturated carbocycles. The molecule has 3 atom stereocenters. The number of hydrogen-bond acceptors (Lipinski definition) is 10. The summed E-state index contributed by atoms with van der Waals surface area (Å²) in [4.78, 5) is 21.4. The fourth-order valence-electron chi connectivity index (χ4n) is 3.89. The highest BCUT2D eigenvalue weighted by Crippen LogP contribution is 2.30. The van der Waals surface area contributed by atoms with Crippen LogP contribution in [-0.4, -0.2) is 57.8 Å². The fraction of sp³-hybridized carbons (Fsp3) is 0.400. The van der Waals surface area contributed by atoms with Gasteiger partial charge in [0.2, 0.25) is 5.78 Å². The molecule has 4 N–H and O–H groups in total. The Balaban J connectivity index is 1.47. The van der Waals surface area contributed by atoms with Crippen LogP contribution in [0.4, 0.5) is 5.82 Å². The summed E-state index contributed by atoms with van der Waals surface area (Å²) in [5, 5.41) is 22.9. The molecule has 3 heterocycles. The van der Waals surface area contributed by atoms with E-state index in [4.69, 9.17) is 21.2 Å². The van der Waals surface area contributed by atoms with Crippen LogP contribution in [0, 0.1) is 12.8 Å². The van der Waals surface area contributed by atoms with Crippen LogP contribution in [0.2, 0.25) is 5.22 Å². The Morgan fingerprint density at radius 1 is 1.41 bits per heavy atom. The first-order valence-corrected chi connectivity index (χ1v) is 12.2. The number of halogens is 1. The van der Waals surface area contributed by atoms with E-state index in [2.05, 4.69) is 24.6 Å². The van der Waals surface area contributed by atoms with Gasteiger partial charge in [-0.15, -0.1) is 0 Å².